The molecular formula is C28H25Cl2OTi-3. The van der Waals surface area contributed by atoms with Crippen LogP contribution in [0.25, 0.3) is 6.08 Å². The van der Waals surface area contributed by atoms with Gasteiger partial charge in [-0.1, -0.05) is 36.4 Å². The number of benzene rings is 4. The molecule has 0 saturated carbocycles. The van der Waals surface area contributed by atoms with Crippen LogP contribution in [-0.4, -0.2) is 12.2 Å². The molecule has 4 aromatic carbocycles. The Morgan fingerprint density at radius 3 is 1.56 bits per heavy atom. The summed E-state index contributed by atoms with van der Waals surface area (Å²) in [6, 6.07) is 45.0. The van der Waals surface area contributed by atoms with Gasteiger partial charge in [-0.05, 0) is 11.1 Å². The average molecular weight is 496 g/mol. The molecule has 0 aliphatic heterocycles. The van der Waals surface area contributed by atoms with Crippen LogP contribution in [-0.2, 0) is 21.7 Å². The van der Waals surface area contributed by atoms with Gasteiger partial charge in [0.25, 0.3) is 0 Å². The summed E-state index contributed by atoms with van der Waals surface area (Å²) in [7, 11) is 1.00. The predicted molar refractivity (Wildman–Crippen MR) is 121 cm³/mol. The maximum atomic E-state index is 7.00. The van der Waals surface area contributed by atoms with Crippen LogP contribution in [0.15, 0.2) is 115 Å². The second-order valence-corrected chi connectivity index (χ2v) is 5.94. The van der Waals surface area contributed by atoms with Crippen molar-refractivity contribution in [2.45, 2.75) is 5.92 Å². The van der Waals surface area contributed by atoms with E-state index in [0.717, 1.165) is 7.11 Å². The van der Waals surface area contributed by atoms with E-state index in [9.17, 15) is 0 Å². The summed E-state index contributed by atoms with van der Waals surface area (Å²) in [5.41, 5.74) is 3.97. The largest absolute Gasteiger partial charge is 2.00 e. The minimum absolute atomic E-state index is 0. The van der Waals surface area contributed by atoms with E-state index in [0.29, 0.717) is 5.92 Å². The third-order valence-corrected chi connectivity index (χ3v) is 4.08. The van der Waals surface area contributed by atoms with Gasteiger partial charge >= 0.3 is 21.7 Å². The molecule has 0 radical (unpaired) electrons. The maximum Gasteiger partial charge on any atom is 2.00 e. The smallest absolute Gasteiger partial charge is 1.00 e. The van der Waals surface area contributed by atoms with Crippen LogP contribution in [0.5, 0.6) is 0 Å². The molecule has 1 aliphatic carbocycles. The van der Waals surface area contributed by atoms with Crippen molar-refractivity contribution in [1.29, 1.82) is 0 Å². The van der Waals surface area contributed by atoms with E-state index >= 15 is 0 Å². The average Bonchev–Trinajstić information content (AvgIpc) is 3.28. The van der Waals surface area contributed by atoms with Gasteiger partial charge in [-0.15, -0.1) is 0 Å². The molecule has 4 heteroatoms. The predicted octanol–water partition coefficient (Wildman–Crippen LogP) is 0.233. The number of allylic oxidation sites excluding steroid dienone is 1. The molecule has 4 aromatic rings. The zero-order valence-electron chi connectivity index (χ0n) is 17.8. The Balaban J connectivity index is 0. The fourth-order valence-electron chi connectivity index (χ4n) is 2.81. The van der Waals surface area contributed by atoms with Gasteiger partial charge in [0, 0.05) is 13.0 Å². The van der Waals surface area contributed by atoms with E-state index in [1.54, 1.807) is 0 Å². The number of aliphatic hydroxyl groups excluding tert-OH is 1. The number of halogens is 2. The van der Waals surface area contributed by atoms with Crippen molar-refractivity contribution >= 4 is 6.08 Å². The van der Waals surface area contributed by atoms with E-state index in [-0.39, 0.29) is 46.5 Å². The van der Waals surface area contributed by atoms with Gasteiger partial charge in [0.05, 0.1) is 0 Å². The summed E-state index contributed by atoms with van der Waals surface area (Å²) in [4.78, 5) is 0. The Morgan fingerprint density at radius 2 is 1.12 bits per heavy atom. The summed E-state index contributed by atoms with van der Waals surface area (Å²) in [6.45, 7) is 0. The molecule has 1 atom stereocenters. The van der Waals surface area contributed by atoms with E-state index in [2.05, 4.69) is 66.7 Å². The van der Waals surface area contributed by atoms with Crippen molar-refractivity contribution in [3.05, 3.63) is 150 Å². The third-order valence-electron chi connectivity index (χ3n) is 4.08. The molecular weight excluding hydrogens is 471 g/mol. The van der Waals surface area contributed by atoms with Crippen LogP contribution in [0.2, 0.25) is 0 Å². The van der Waals surface area contributed by atoms with Crippen molar-refractivity contribution in [3.8, 4) is 0 Å². The quantitative estimate of drug-likeness (QED) is 0.296. The minimum Gasteiger partial charge on any atom is -1.00 e. The van der Waals surface area contributed by atoms with Gasteiger partial charge in [-0.2, -0.15) is 109 Å². The molecule has 0 saturated heterocycles. The number of rotatable bonds is 1. The summed E-state index contributed by atoms with van der Waals surface area (Å²) in [6.07, 6.45) is 4.44. The van der Waals surface area contributed by atoms with Crippen LogP contribution in [0.4, 0.5) is 0 Å². The Morgan fingerprint density at radius 1 is 0.625 bits per heavy atom. The van der Waals surface area contributed by atoms with Crippen molar-refractivity contribution in [3.63, 3.8) is 0 Å². The standard InChI is InChI=1S/C15H11.2C6H5.CH4O.2ClH.Ti/c1-2-6-12(7-3-1)15-11-10-13-8-4-5-9-14(13)15;2*1-2-4-6-5-3-1;1-2;;;/h1-6,8-11,15H;2*1-5H;2H,1H3;2*1H;/q3*-1;;;;+2/p-2. The fraction of sp³-hybridized carbons (Fsp3) is 0.0714. The molecule has 32 heavy (non-hydrogen) atoms. The second-order valence-electron chi connectivity index (χ2n) is 5.94. The van der Waals surface area contributed by atoms with Gasteiger partial charge < -0.3 is 29.9 Å². The third kappa shape index (κ3) is 11.5. The monoisotopic (exact) mass is 495 g/mol. The summed E-state index contributed by atoms with van der Waals surface area (Å²) in [5, 5.41) is 7.00. The van der Waals surface area contributed by atoms with Crippen molar-refractivity contribution in [1.82, 2.24) is 0 Å². The first-order valence-corrected chi connectivity index (χ1v) is 9.46. The van der Waals surface area contributed by atoms with E-state index in [1.165, 1.54) is 16.7 Å². The van der Waals surface area contributed by atoms with Gasteiger partial charge in [0.1, 0.15) is 0 Å². The van der Waals surface area contributed by atoms with Crippen molar-refractivity contribution in [2.24, 2.45) is 0 Å². The van der Waals surface area contributed by atoms with Crippen LogP contribution in [0, 0.1) is 18.2 Å². The summed E-state index contributed by atoms with van der Waals surface area (Å²) >= 11 is 0. The Hall–Kier alpha value is -2.13. The Kier molecular flexibility index (Phi) is 20.8. The zero-order chi connectivity index (χ0) is 20.6. The number of hydrogen-bond acceptors (Lipinski definition) is 1. The first kappa shape index (κ1) is 32.1. The molecule has 164 valence electrons. The molecule has 1 N–H and O–H groups in total. The summed E-state index contributed by atoms with van der Waals surface area (Å²) < 4.78 is 0. The first-order valence-electron chi connectivity index (χ1n) is 9.46. The van der Waals surface area contributed by atoms with Crippen LogP contribution < -0.4 is 24.8 Å². The van der Waals surface area contributed by atoms with E-state index in [4.69, 9.17) is 5.11 Å². The van der Waals surface area contributed by atoms with Gasteiger partial charge in [-0.25, -0.2) is 0 Å². The Bertz CT molecular complexity index is 848. The minimum atomic E-state index is 0. The molecule has 0 bridgehead atoms. The Labute approximate surface area is 219 Å². The van der Waals surface area contributed by atoms with Crippen molar-refractivity contribution in [2.75, 3.05) is 7.11 Å². The van der Waals surface area contributed by atoms with Gasteiger partial charge in [0.15, 0.2) is 0 Å². The molecule has 1 unspecified atom stereocenters. The molecule has 0 fully saturated rings. The van der Waals surface area contributed by atoms with Crippen LogP contribution in [0.1, 0.15) is 22.6 Å². The van der Waals surface area contributed by atoms with Crippen LogP contribution in [0.3, 0.4) is 0 Å². The first-order chi connectivity index (χ1) is 14.4. The van der Waals surface area contributed by atoms with Gasteiger partial charge in [-0.3, -0.25) is 0 Å². The fourth-order valence-corrected chi connectivity index (χ4v) is 2.81. The molecule has 0 spiro atoms. The molecule has 0 aromatic heterocycles. The zero-order valence-corrected chi connectivity index (χ0v) is 20.9. The molecule has 0 amide bonds. The molecule has 1 aliphatic rings. The number of hydrogen-bond donors (Lipinski definition) is 1. The summed E-state index contributed by atoms with van der Waals surface area (Å²) in [5.74, 6) is 0.391. The molecule has 1 nitrogen and oxygen atoms in total. The number of aliphatic hydroxyl groups is 1. The molecule has 5 rings (SSSR count). The maximum absolute atomic E-state index is 7.00. The van der Waals surface area contributed by atoms with Crippen molar-refractivity contribution < 1.29 is 51.6 Å². The molecule has 0 heterocycles. The second kappa shape index (κ2) is 20.8. The van der Waals surface area contributed by atoms with Crippen LogP contribution >= 0.6 is 0 Å². The normalized spacial score (nSPS) is 11.5. The van der Waals surface area contributed by atoms with Gasteiger partial charge in [0.2, 0.25) is 0 Å². The topological polar surface area (TPSA) is 20.2 Å². The number of fused-ring (bicyclic) bond motifs is 1. The van der Waals surface area contributed by atoms with E-state index in [1.807, 2.05) is 72.8 Å². The SMILES string of the molecule is CO.[Cl-].[Cl-].[Ti+2].[c-]1ccccc1.[c-]1ccccc1.[c-]1ccccc1C1C=Cc2ccccc21. The van der Waals surface area contributed by atoms with E-state index < -0.39 is 0 Å².